The fourth-order valence-electron chi connectivity index (χ4n) is 6.62. The van der Waals surface area contributed by atoms with Crippen molar-refractivity contribution in [2.24, 2.45) is 0 Å². The first-order valence-electron chi connectivity index (χ1n) is 14.6. The zero-order valence-electron chi connectivity index (χ0n) is 23.4. The Bertz CT molecular complexity index is 2310. The Morgan fingerprint density at radius 2 is 0.907 bits per heavy atom. The third kappa shape index (κ3) is 4.30. The van der Waals surface area contributed by atoms with E-state index in [4.69, 9.17) is 0 Å². The van der Waals surface area contributed by atoms with Crippen LogP contribution in [0.5, 0.6) is 0 Å². The molecule has 0 saturated carbocycles. The Morgan fingerprint density at radius 1 is 0.349 bits per heavy atom. The number of rotatable bonds is 4. The maximum absolute atomic E-state index is 10.2. The van der Waals surface area contributed by atoms with Gasteiger partial charge in [-0.1, -0.05) is 146 Å². The van der Waals surface area contributed by atoms with Gasteiger partial charge in [0.1, 0.15) is 0 Å². The smallest absolute Gasteiger partial charge is 0.423 e. The normalized spacial score (nSPS) is 11.5. The summed E-state index contributed by atoms with van der Waals surface area (Å²) in [5, 5.41) is 29.5. The highest BCUT2D eigenvalue weighted by molar-refractivity contribution is 6.59. The first-order chi connectivity index (χ1) is 21.2. The van der Waals surface area contributed by atoms with Gasteiger partial charge in [0.2, 0.25) is 0 Å². The first kappa shape index (κ1) is 25.5. The molecule has 0 fully saturated rings. The molecule has 3 heteroatoms. The SMILES string of the molecule is OB(O)c1ccc2c(-c3ccc(-c4cccc5ccccc45)cc3)c3ccccc3c(-c3ccc4ccccc4c3)c2c1. The van der Waals surface area contributed by atoms with Gasteiger partial charge in [0.15, 0.2) is 0 Å². The Hall–Kier alpha value is -5.22. The highest BCUT2D eigenvalue weighted by atomic mass is 16.4. The molecule has 0 saturated heterocycles. The second-order valence-corrected chi connectivity index (χ2v) is 11.1. The van der Waals surface area contributed by atoms with E-state index in [9.17, 15) is 10.0 Å². The van der Waals surface area contributed by atoms with Crippen LogP contribution >= 0.6 is 0 Å². The minimum Gasteiger partial charge on any atom is -0.423 e. The standard InChI is InChI=1S/C40H27BO2/c42-41(43)32-22-23-37-38(25-32)40(31-21-16-26-8-1-2-10-30(26)24-31)36-14-6-5-13-35(36)39(37)29-19-17-28(18-20-29)34-15-7-11-27-9-3-4-12-33(27)34/h1-25,42-43H. The predicted octanol–water partition coefficient (Wildman–Crippen LogP) is 8.98. The van der Waals surface area contributed by atoms with Crippen LogP contribution in [0.15, 0.2) is 152 Å². The molecule has 0 aromatic heterocycles. The molecule has 0 atom stereocenters. The van der Waals surface area contributed by atoms with Crippen LogP contribution in [0.4, 0.5) is 0 Å². The van der Waals surface area contributed by atoms with Gasteiger partial charge < -0.3 is 10.0 Å². The van der Waals surface area contributed by atoms with Gasteiger partial charge in [-0.25, -0.2) is 0 Å². The van der Waals surface area contributed by atoms with Gasteiger partial charge in [0, 0.05) is 0 Å². The van der Waals surface area contributed by atoms with E-state index >= 15 is 0 Å². The van der Waals surface area contributed by atoms with Gasteiger partial charge >= 0.3 is 7.12 Å². The van der Waals surface area contributed by atoms with Crippen molar-refractivity contribution in [3.8, 4) is 33.4 Å². The fourth-order valence-corrected chi connectivity index (χ4v) is 6.62. The number of hydrogen-bond donors (Lipinski definition) is 2. The van der Waals surface area contributed by atoms with Crippen LogP contribution in [0.3, 0.4) is 0 Å². The summed E-state index contributed by atoms with van der Waals surface area (Å²) >= 11 is 0. The van der Waals surface area contributed by atoms with Crippen molar-refractivity contribution in [1.82, 2.24) is 0 Å². The lowest BCUT2D eigenvalue weighted by molar-refractivity contribution is 0.426. The van der Waals surface area contributed by atoms with E-state index < -0.39 is 7.12 Å². The molecule has 0 bridgehead atoms. The van der Waals surface area contributed by atoms with Crippen molar-refractivity contribution in [3.05, 3.63) is 152 Å². The van der Waals surface area contributed by atoms with Crippen LogP contribution in [0.1, 0.15) is 0 Å². The maximum Gasteiger partial charge on any atom is 0.488 e. The molecule has 8 aromatic rings. The average molecular weight is 550 g/mol. The van der Waals surface area contributed by atoms with Crippen LogP contribution < -0.4 is 5.46 Å². The molecule has 0 aliphatic carbocycles. The van der Waals surface area contributed by atoms with E-state index in [1.807, 2.05) is 18.2 Å². The Morgan fingerprint density at radius 3 is 1.65 bits per heavy atom. The lowest BCUT2D eigenvalue weighted by Crippen LogP contribution is -2.29. The van der Waals surface area contributed by atoms with Gasteiger partial charge in [0.25, 0.3) is 0 Å². The van der Waals surface area contributed by atoms with Crippen LogP contribution in [-0.2, 0) is 0 Å². The van der Waals surface area contributed by atoms with E-state index in [2.05, 4.69) is 133 Å². The summed E-state index contributed by atoms with van der Waals surface area (Å²) < 4.78 is 0. The van der Waals surface area contributed by atoms with Gasteiger partial charge in [-0.15, -0.1) is 0 Å². The molecular formula is C40H27BO2. The van der Waals surface area contributed by atoms with Crippen molar-refractivity contribution in [2.75, 3.05) is 0 Å². The molecule has 2 N–H and O–H groups in total. The highest BCUT2D eigenvalue weighted by Crippen LogP contribution is 2.44. The van der Waals surface area contributed by atoms with Crippen molar-refractivity contribution in [1.29, 1.82) is 0 Å². The lowest BCUT2D eigenvalue weighted by atomic mass is 9.77. The first-order valence-corrected chi connectivity index (χ1v) is 14.6. The minimum absolute atomic E-state index is 0.474. The molecule has 0 aliphatic heterocycles. The Kier molecular flexibility index (Phi) is 6.08. The summed E-state index contributed by atoms with van der Waals surface area (Å²) in [5.74, 6) is 0. The van der Waals surface area contributed by atoms with E-state index in [1.165, 1.54) is 32.7 Å². The van der Waals surface area contributed by atoms with E-state index in [0.717, 1.165) is 43.8 Å². The summed E-state index contributed by atoms with van der Waals surface area (Å²) in [6, 6.07) is 53.1. The largest absolute Gasteiger partial charge is 0.488 e. The third-order valence-electron chi connectivity index (χ3n) is 8.66. The molecule has 202 valence electrons. The zero-order valence-corrected chi connectivity index (χ0v) is 23.4. The fraction of sp³-hybridized carbons (Fsp3) is 0. The van der Waals surface area contributed by atoms with Crippen molar-refractivity contribution < 1.29 is 10.0 Å². The second kappa shape index (κ2) is 10.3. The summed E-state index contributed by atoms with van der Waals surface area (Å²) in [5.41, 5.74) is 7.31. The van der Waals surface area contributed by atoms with Crippen LogP contribution in [-0.4, -0.2) is 17.2 Å². The molecular weight excluding hydrogens is 523 g/mol. The number of hydrogen-bond acceptors (Lipinski definition) is 2. The Labute approximate surface area is 250 Å². The molecule has 2 nitrogen and oxygen atoms in total. The third-order valence-corrected chi connectivity index (χ3v) is 8.66. The van der Waals surface area contributed by atoms with E-state index in [-0.39, 0.29) is 0 Å². The van der Waals surface area contributed by atoms with Gasteiger partial charge in [-0.3, -0.25) is 0 Å². The number of fused-ring (bicyclic) bond motifs is 4. The Balaban J connectivity index is 1.39. The minimum atomic E-state index is -1.55. The maximum atomic E-state index is 10.2. The second-order valence-electron chi connectivity index (χ2n) is 11.1. The molecule has 8 rings (SSSR count). The topological polar surface area (TPSA) is 40.5 Å². The van der Waals surface area contributed by atoms with Crippen LogP contribution in [0.2, 0.25) is 0 Å². The van der Waals surface area contributed by atoms with E-state index in [1.54, 1.807) is 0 Å². The molecule has 0 radical (unpaired) electrons. The number of benzene rings is 8. The molecule has 0 unspecified atom stereocenters. The molecule has 0 heterocycles. The monoisotopic (exact) mass is 550 g/mol. The van der Waals surface area contributed by atoms with Gasteiger partial charge in [-0.05, 0) is 88.0 Å². The van der Waals surface area contributed by atoms with Crippen molar-refractivity contribution in [3.63, 3.8) is 0 Å². The summed E-state index contributed by atoms with van der Waals surface area (Å²) in [6.45, 7) is 0. The highest BCUT2D eigenvalue weighted by Gasteiger charge is 2.20. The van der Waals surface area contributed by atoms with Gasteiger partial charge in [-0.2, -0.15) is 0 Å². The quantitative estimate of drug-likeness (QED) is 0.170. The molecule has 0 aliphatic rings. The van der Waals surface area contributed by atoms with Crippen LogP contribution in [0.25, 0.3) is 76.5 Å². The zero-order chi connectivity index (χ0) is 28.9. The molecule has 8 aromatic carbocycles. The van der Waals surface area contributed by atoms with Gasteiger partial charge in [0.05, 0.1) is 0 Å². The summed E-state index contributed by atoms with van der Waals surface area (Å²) in [4.78, 5) is 0. The van der Waals surface area contributed by atoms with Crippen molar-refractivity contribution in [2.45, 2.75) is 0 Å². The average Bonchev–Trinajstić information content (AvgIpc) is 3.06. The van der Waals surface area contributed by atoms with Crippen molar-refractivity contribution >= 4 is 55.7 Å². The summed E-state index contributed by atoms with van der Waals surface area (Å²) in [7, 11) is -1.55. The predicted molar refractivity (Wildman–Crippen MR) is 183 cm³/mol. The lowest BCUT2D eigenvalue weighted by Gasteiger charge is -2.19. The molecule has 43 heavy (non-hydrogen) atoms. The molecule has 0 spiro atoms. The molecule has 0 amide bonds. The summed E-state index contributed by atoms with van der Waals surface area (Å²) in [6.07, 6.45) is 0. The van der Waals surface area contributed by atoms with E-state index in [0.29, 0.717) is 5.46 Å². The van der Waals surface area contributed by atoms with Crippen LogP contribution in [0, 0.1) is 0 Å².